The van der Waals surface area contributed by atoms with Crippen LogP contribution in [0, 0.1) is 11.3 Å². The lowest BCUT2D eigenvalue weighted by molar-refractivity contribution is 0.587. The molecule has 0 spiro atoms. The van der Waals surface area contributed by atoms with E-state index in [0.29, 0.717) is 10.0 Å². The molecule has 0 unspecified atom stereocenters. The quantitative estimate of drug-likeness (QED) is 0.828. The monoisotopic (exact) mass is 366 g/mol. The molecule has 0 aliphatic carbocycles. The van der Waals surface area contributed by atoms with Crippen LogP contribution in [-0.4, -0.2) is 18.7 Å². The number of pyridine rings is 1. The molecule has 0 atom stereocenters. The molecule has 2 rings (SSSR count). The van der Waals surface area contributed by atoms with Crippen LogP contribution >= 0.6 is 15.9 Å². The van der Waals surface area contributed by atoms with Crippen molar-refractivity contribution < 1.29 is 8.42 Å². The Kier molecular flexibility index (Phi) is 4.60. The van der Waals surface area contributed by atoms with Crippen molar-refractivity contribution in [1.29, 1.82) is 5.26 Å². The Morgan fingerprint density at radius 1 is 1.19 bits per heavy atom. The summed E-state index contributed by atoms with van der Waals surface area (Å²) >= 11 is 3.11. The second-order valence-electron chi connectivity index (χ2n) is 4.31. The third-order valence-corrected chi connectivity index (χ3v) is 5.23. The average Bonchev–Trinajstić information content (AvgIpc) is 2.49. The lowest BCUT2D eigenvalue weighted by Crippen LogP contribution is -2.24. The molecule has 0 N–H and O–H groups in total. The van der Waals surface area contributed by atoms with Crippen molar-refractivity contribution >= 4 is 25.8 Å². The van der Waals surface area contributed by atoms with Crippen molar-refractivity contribution in [2.45, 2.75) is 11.4 Å². The average molecular weight is 367 g/mol. The zero-order valence-electron chi connectivity index (χ0n) is 10.9. The Labute approximate surface area is 130 Å². The number of aromatic nitrogens is 1. The zero-order chi connectivity index (χ0) is 15.5. The second-order valence-corrected chi connectivity index (χ2v) is 7.27. The lowest BCUT2D eigenvalue weighted by Gasteiger charge is -2.07. The topological polar surface area (TPSA) is 79.9 Å². The Bertz CT molecular complexity index is 849. The van der Waals surface area contributed by atoms with Crippen molar-refractivity contribution in [1.82, 2.24) is 4.57 Å². The molecule has 1 heterocycles. The highest BCUT2D eigenvalue weighted by atomic mass is 79.9. The molecule has 0 aliphatic rings. The molecule has 0 radical (unpaired) electrons. The van der Waals surface area contributed by atoms with E-state index in [2.05, 4.69) is 15.9 Å². The molecular formula is C14H11BrN2O3S. The summed E-state index contributed by atoms with van der Waals surface area (Å²) in [6.45, 7) is 0.0700. The number of nitriles is 1. The number of rotatable bonds is 4. The predicted octanol–water partition coefficient (Wildman–Crippen LogP) is 1.96. The van der Waals surface area contributed by atoms with Gasteiger partial charge in [-0.2, -0.15) is 5.26 Å². The van der Waals surface area contributed by atoms with Crippen molar-refractivity contribution in [3.8, 4) is 6.07 Å². The maximum absolute atomic E-state index is 12.2. The van der Waals surface area contributed by atoms with E-state index in [1.54, 1.807) is 18.3 Å². The first-order chi connectivity index (χ1) is 9.94. The van der Waals surface area contributed by atoms with Gasteiger partial charge < -0.3 is 4.57 Å². The zero-order valence-corrected chi connectivity index (χ0v) is 13.3. The van der Waals surface area contributed by atoms with E-state index in [9.17, 15) is 13.2 Å². The van der Waals surface area contributed by atoms with E-state index in [1.165, 1.54) is 28.8 Å². The Morgan fingerprint density at radius 2 is 1.86 bits per heavy atom. The van der Waals surface area contributed by atoms with Crippen LogP contribution in [-0.2, 0) is 16.4 Å². The summed E-state index contributed by atoms with van der Waals surface area (Å²) in [7, 11) is -3.50. The Balaban J connectivity index is 2.20. The third kappa shape index (κ3) is 3.60. The number of hydrogen-bond acceptors (Lipinski definition) is 4. The SMILES string of the molecule is N#Cc1ccc(S(=O)(=O)CCn2cccc(Br)c2=O)cc1. The molecule has 0 aliphatic heterocycles. The molecule has 21 heavy (non-hydrogen) atoms. The summed E-state index contributed by atoms with van der Waals surface area (Å²) in [6.07, 6.45) is 1.54. The van der Waals surface area contributed by atoms with Crippen LogP contribution in [0.2, 0.25) is 0 Å². The number of halogens is 1. The minimum absolute atomic E-state index is 0.0700. The van der Waals surface area contributed by atoms with Crippen LogP contribution < -0.4 is 5.56 Å². The van der Waals surface area contributed by atoms with E-state index in [1.807, 2.05) is 6.07 Å². The highest BCUT2D eigenvalue weighted by molar-refractivity contribution is 9.10. The number of aryl methyl sites for hydroxylation is 1. The van der Waals surface area contributed by atoms with Gasteiger partial charge in [-0.05, 0) is 52.3 Å². The highest BCUT2D eigenvalue weighted by Crippen LogP contribution is 2.12. The smallest absolute Gasteiger partial charge is 0.264 e. The van der Waals surface area contributed by atoms with Crippen molar-refractivity contribution in [2.24, 2.45) is 0 Å². The maximum atomic E-state index is 12.2. The number of nitrogens with zero attached hydrogens (tertiary/aromatic N) is 2. The predicted molar refractivity (Wildman–Crippen MR) is 81.6 cm³/mol. The molecular weight excluding hydrogens is 356 g/mol. The fraction of sp³-hybridized carbons (Fsp3) is 0.143. The highest BCUT2D eigenvalue weighted by Gasteiger charge is 2.15. The van der Waals surface area contributed by atoms with Gasteiger partial charge in [-0.15, -0.1) is 0 Å². The Hall–Kier alpha value is -1.91. The van der Waals surface area contributed by atoms with Gasteiger partial charge in [0.25, 0.3) is 5.56 Å². The van der Waals surface area contributed by atoms with E-state index >= 15 is 0 Å². The molecule has 0 saturated heterocycles. The third-order valence-electron chi connectivity index (χ3n) is 2.92. The fourth-order valence-corrected chi connectivity index (χ4v) is 3.36. The minimum atomic E-state index is -3.50. The van der Waals surface area contributed by atoms with E-state index < -0.39 is 9.84 Å². The first kappa shape index (κ1) is 15.5. The molecule has 0 fully saturated rings. The number of sulfone groups is 1. The first-order valence-corrected chi connectivity index (χ1v) is 8.46. The van der Waals surface area contributed by atoms with Crippen LogP contribution in [0.25, 0.3) is 0 Å². The van der Waals surface area contributed by atoms with Crippen molar-refractivity contribution in [3.05, 3.63) is 63.0 Å². The maximum Gasteiger partial charge on any atom is 0.264 e. The van der Waals surface area contributed by atoms with Crippen LogP contribution in [0.15, 0.2) is 56.8 Å². The molecule has 0 amide bonds. The first-order valence-electron chi connectivity index (χ1n) is 6.02. The fourth-order valence-electron chi connectivity index (χ4n) is 1.76. The molecule has 7 heteroatoms. The van der Waals surface area contributed by atoms with Crippen LogP contribution in [0.4, 0.5) is 0 Å². The molecule has 108 valence electrons. The molecule has 0 saturated carbocycles. The van der Waals surface area contributed by atoms with Gasteiger partial charge in [0.05, 0.1) is 26.8 Å². The summed E-state index contributed by atoms with van der Waals surface area (Å²) in [4.78, 5) is 11.9. The van der Waals surface area contributed by atoms with Gasteiger partial charge >= 0.3 is 0 Å². The van der Waals surface area contributed by atoms with Gasteiger partial charge in [-0.25, -0.2) is 8.42 Å². The Morgan fingerprint density at radius 3 is 2.48 bits per heavy atom. The summed E-state index contributed by atoms with van der Waals surface area (Å²) in [6, 6.07) is 10.9. The standard InChI is InChI=1S/C14H11BrN2O3S/c15-13-2-1-7-17(14(13)18)8-9-21(19,20)12-5-3-11(10-16)4-6-12/h1-7H,8-9H2. The van der Waals surface area contributed by atoms with Gasteiger partial charge in [0, 0.05) is 12.7 Å². The van der Waals surface area contributed by atoms with Crippen molar-refractivity contribution in [2.75, 3.05) is 5.75 Å². The summed E-state index contributed by atoms with van der Waals surface area (Å²) < 4.78 is 26.1. The van der Waals surface area contributed by atoms with Gasteiger partial charge in [0.2, 0.25) is 0 Å². The van der Waals surface area contributed by atoms with E-state index in [4.69, 9.17) is 5.26 Å². The largest absolute Gasteiger partial charge is 0.314 e. The second kappa shape index (κ2) is 6.24. The summed E-state index contributed by atoms with van der Waals surface area (Å²) in [5.74, 6) is -0.185. The number of hydrogen-bond donors (Lipinski definition) is 0. The molecule has 0 bridgehead atoms. The van der Waals surface area contributed by atoms with E-state index in [0.717, 1.165) is 0 Å². The lowest BCUT2D eigenvalue weighted by atomic mass is 10.2. The summed E-state index contributed by atoms with van der Waals surface area (Å²) in [5, 5.41) is 8.70. The van der Waals surface area contributed by atoms with Crippen LogP contribution in [0.1, 0.15) is 5.56 Å². The van der Waals surface area contributed by atoms with E-state index in [-0.39, 0.29) is 22.8 Å². The number of benzene rings is 1. The summed E-state index contributed by atoms with van der Waals surface area (Å²) in [5.41, 5.74) is 0.129. The van der Waals surface area contributed by atoms with Gasteiger partial charge in [0.15, 0.2) is 9.84 Å². The molecule has 1 aromatic heterocycles. The molecule has 2 aromatic rings. The van der Waals surface area contributed by atoms with Gasteiger partial charge in [-0.3, -0.25) is 4.79 Å². The van der Waals surface area contributed by atoms with Crippen molar-refractivity contribution in [3.63, 3.8) is 0 Å². The van der Waals surface area contributed by atoms with Gasteiger partial charge in [-0.1, -0.05) is 0 Å². The normalized spacial score (nSPS) is 11.0. The molecule has 5 nitrogen and oxygen atoms in total. The molecule has 1 aromatic carbocycles. The minimum Gasteiger partial charge on any atom is -0.314 e. The van der Waals surface area contributed by atoms with Crippen LogP contribution in [0.3, 0.4) is 0 Å². The van der Waals surface area contributed by atoms with Crippen LogP contribution in [0.5, 0.6) is 0 Å². The van der Waals surface area contributed by atoms with Gasteiger partial charge in [0.1, 0.15) is 0 Å².